The monoisotopic (exact) mass is 375 g/mol. The van der Waals surface area contributed by atoms with Gasteiger partial charge in [0.2, 0.25) is 11.8 Å². The molecule has 2 atom stereocenters. The molecule has 0 radical (unpaired) electrons. The van der Waals surface area contributed by atoms with Crippen LogP contribution in [0.5, 0.6) is 0 Å². The Morgan fingerprint density at radius 3 is 2.63 bits per heavy atom. The van der Waals surface area contributed by atoms with Crippen molar-refractivity contribution in [2.45, 2.75) is 71.0 Å². The van der Waals surface area contributed by atoms with E-state index < -0.39 is 0 Å². The third kappa shape index (κ3) is 6.34. The molecular formula is C20H33N5O2. The van der Waals surface area contributed by atoms with E-state index in [0.717, 1.165) is 43.8 Å². The zero-order valence-corrected chi connectivity index (χ0v) is 16.6. The standard InChI is InChI=1S/C20H33N5O2/c1-15-11-23-24(13-15)9-3-8-21-20(27)10-18-6-7-19(12-22-16(2)26)25(18)14-17-4-5-17/h11,13,17-19H,3-10,12,14H2,1-2H3,(H,21,27)(H,22,26)/t18-,19+/m0/s1. The topological polar surface area (TPSA) is 79.3 Å². The zero-order chi connectivity index (χ0) is 19.2. The highest BCUT2D eigenvalue weighted by molar-refractivity contribution is 5.76. The molecule has 1 aliphatic heterocycles. The molecule has 1 aromatic rings. The van der Waals surface area contributed by atoms with Gasteiger partial charge in [0.1, 0.15) is 0 Å². The Kier molecular flexibility index (Phi) is 6.88. The zero-order valence-electron chi connectivity index (χ0n) is 16.6. The van der Waals surface area contributed by atoms with Crippen LogP contribution in [0.3, 0.4) is 0 Å². The summed E-state index contributed by atoms with van der Waals surface area (Å²) in [5, 5.41) is 10.3. The molecule has 150 valence electrons. The Bertz CT molecular complexity index is 640. The molecule has 2 N–H and O–H groups in total. The number of likely N-dealkylation sites (tertiary alicyclic amines) is 1. The van der Waals surface area contributed by atoms with Crippen LogP contribution in [0, 0.1) is 12.8 Å². The van der Waals surface area contributed by atoms with E-state index in [4.69, 9.17) is 0 Å². The molecule has 0 unspecified atom stereocenters. The number of amides is 2. The minimum Gasteiger partial charge on any atom is -0.356 e. The molecule has 1 saturated carbocycles. The number of aromatic nitrogens is 2. The van der Waals surface area contributed by atoms with Crippen LogP contribution in [0.15, 0.2) is 12.4 Å². The average Bonchev–Trinajstić information content (AvgIpc) is 3.23. The molecule has 1 saturated heterocycles. The van der Waals surface area contributed by atoms with Crippen molar-refractivity contribution in [1.82, 2.24) is 25.3 Å². The largest absolute Gasteiger partial charge is 0.356 e. The third-order valence-corrected chi connectivity index (χ3v) is 5.59. The maximum atomic E-state index is 12.4. The number of hydrogen-bond donors (Lipinski definition) is 2. The van der Waals surface area contributed by atoms with Crippen LogP contribution >= 0.6 is 0 Å². The summed E-state index contributed by atoms with van der Waals surface area (Å²) in [6, 6.07) is 0.675. The third-order valence-electron chi connectivity index (χ3n) is 5.59. The molecule has 0 spiro atoms. The first-order valence-corrected chi connectivity index (χ1v) is 10.3. The first-order valence-electron chi connectivity index (χ1n) is 10.3. The molecule has 2 aliphatic rings. The number of carbonyl (C=O) groups is 2. The predicted octanol–water partition coefficient (Wildman–Crippen LogP) is 1.47. The smallest absolute Gasteiger partial charge is 0.221 e. The first kappa shape index (κ1) is 19.9. The molecule has 1 aromatic heterocycles. The molecule has 7 nitrogen and oxygen atoms in total. The summed E-state index contributed by atoms with van der Waals surface area (Å²) in [6.45, 7) is 6.87. The Hall–Kier alpha value is -1.89. The van der Waals surface area contributed by atoms with Gasteiger partial charge < -0.3 is 10.6 Å². The number of hydrogen-bond acceptors (Lipinski definition) is 4. The van der Waals surface area contributed by atoms with Gasteiger partial charge in [0.05, 0.1) is 6.20 Å². The van der Waals surface area contributed by atoms with Gasteiger partial charge >= 0.3 is 0 Å². The highest BCUT2D eigenvalue weighted by Gasteiger charge is 2.37. The van der Waals surface area contributed by atoms with E-state index in [1.54, 1.807) is 6.92 Å². The number of nitrogens with zero attached hydrogens (tertiary/aromatic N) is 3. The summed E-state index contributed by atoms with van der Waals surface area (Å²) < 4.78 is 1.92. The van der Waals surface area contributed by atoms with Crippen molar-refractivity contribution in [2.75, 3.05) is 19.6 Å². The average molecular weight is 376 g/mol. The SMILES string of the molecule is CC(=O)NC[C@H]1CC[C@@H](CC(=O)NCCCn2cc(C)cn2)N1CC1CC1. The highest BCUT2D eigenvalue weighted by Crippen LogP contribution is 2.35. The Labute approximate surface area is 161 Å². The molecule has 7 heteroatoms. The van der Waals surface area contributed by atoms with Crippen LogP contribution in [0.2, 0.25) is 0 Å². The number of aryl methyl sites for hydroxylation is 2. The highest BCUT2D eigenvalue weighted by atomic mass is 16.2. The summed E-state index contributed by atoms with van der Waals surface area (Å²) in [7, 11) is 0. The maximum Gasteiger partial charge on any atom is 0.221 e. The normalized spacial score (nSPS) is 22.7. The lowest BCUT2D eigenvalue weighted by molar-refractivity contribution is -0.122. The minimum absolute atomic E-state index is 0.0231. The lowest BCUT2D eigenvalue weighted by atomic mass is 10.1. The number of carbonyl (C=O) groups excluding carboxylic acids is 2. The van der Waals surface area contributed by atoms with Gasteiger partial charge in [-0.1, -0.05) is 0 Å². The van der Waals surface area contributed by atoms with Gasteiger partial charge in [-0.3, -0.25) is 19.2 Å². The van der Waals surface area contributed by atoms with Crippen molar-refractivity contribution in [1.29, 1.82) is 0 Å². The summed E-state index contributed by atoms with van der Waals surface area (Å²) >= 11 is 0. The Balaban J connectivity index is 1.40. The van der Waals surface area contributed by atoms with E-state index >= 15 is 0 Å². The molecule has 0 aromatic carbocycles. The molecule has 27 heavy (non-hydrogen) atoms. The lowest BCUT2D eigenvalue weighted by Crippen LogP contribution is -2.45. The van der Waals surface area contributed by atoms with Crippen molar-refractivity contribution in [3.63, 3.8) is 0 Å². The fourth-order valence-electron chi connectivity index (χ4n) is 3.96. The van der Waals surface area contributed by atoms with Crippen LogP contribution in [0.1, 0.15) is 51.0 Å². The van der Waals surface area contributed by atoms with Crippen LogP contribution in [0.25, 0.3) is 0 Å². The van der Waals surface area contributed by atoms with E-state index in [0.29, 0.717) is 31.6 Å². The molecular weight excluding hydrogens is 342 g/mol. The van der Waals surface area contributed by atoms with Gasteiger partial charge in [0.15, 0.2) is 0 Å². The van der Waals surface area contributed by atoms with Crippen molar-refractivity contribution in [3.8, 4) is 0 Å². The van der Waals surface area contributed by atoms with Crippen molar-refractivity contribution < 1.29 is 9.59 Å². The minimum atomic E-state index is 0.0231. The van der Waals surface area contributed by atoms with E-state index in [9.17, 15) is 9.59 Å². The van der Waals surface area contributed by atoms with E-state index in [-0.39, 0.29) is 11.8 Å². The fraction of sp³-hybridized carbons (Fsp3) is 0.750. The van der Waals surface area contributed by atoms with E-state index in [2.05, 4.69) is 20.6 Å². The van der Waals surface area contributed by atoms with Gasteiger partial charge in [-0.15, -0.1) is 0 Å². The van der Waals surface area contributed by atoms with E-state index in [1.807, 2.05) is 24.0 Å². The summed E-state index contributed by atoms with van der Waals surface area (Å²) in [5.74, 6) is 0.943. The lowest BCUT2D eigenvalue weighted by Gasteiger charge is -2.30. The Morgan fingerprint density at radius 1 is 1.19 bits per heavy atom. The second-order valence-electron chi connectivity index (χ2n) is 8.15. The van der Waals surface area contributed by atoms with Gasteiger partial charge in [-0.25, -0.2) is 0 Å². The molecule has 1 aliphatic carbocycles. The molecule has 3 rings (SSSR count). The Morgan fingerprint density at radius 2 is 1.96 bits per heavy atom. The maximum absolute atomic E-state index is 12.4. The summed E-state index contributed by atoms with van der Waals surface area (Å²) in [6.07, 6.45) is 10.0. The van der Waals surface area contributed by atoms with Crippen molar-refractivity contribution in [3.05, 3.63) is 18.0 Å². The second kappa shape index (κ2) is 9.35. The van der Waals surface area contributed by atoms with Gasteiger partial charge in [-0.2, -0.15) is 5.10 Å². The summed E-state index contributed by atoms with van der Waals surface area (Å²) in [5.41, 5.74) is 1.16. The van der Waals surface area contributed by atoms with Crippen molar-refractivity contribution >= 4 is 11.8 Å². The van der Waals surface area contributed by atoms with E-state index in [1.165, 1.54) is 12.8 Å². The van der Waals surface area contributed by atoms with Crippen molar-refractivity contribution in [2.24, 2.45) is 5.92 Å². The summed E-state index contributed by atoms with van der Waals surface area (Å²) in [4.78, 5) is 26.1. The van der Waals surface area contributed by atoms with Crippen LogP contribution in [-0.2, 0) is 16.1 Å². The molecule has 0 bridgehead atoms. The van der Waals surface area contributed by atoms with Gasteiger partial charge in [0, 0.05) is 57.8 Å². The van der Waals surface area contributed by atoms with Crippen LogP contribution < -0.4 is 10.6 Å². The number of rotatable bonds is 10. The second-order valence-corrected chi connectivity index (χ2v) is 8.15. The molecule has 2 heterocycles. The first-order chi connectivity index (χ1) is 13.0. The quantitative estimate of drug-likeness (QED) is 0.607. The van der Waals surface area contributed by atoms with Gasteiger partial charge in [-0.05, 0) is 50.5 Å². The fourth-order valence-corrected chi connectivity index (χ4v) is 3.96. The molecule has 2 fully saturated rings. The van der Waals surface area contributed by atoms with Crippen LogP contribution in [-0.4, -0.2) is 58.2 Å². The predicted molar refractivity (Wildman–Crippen MR) is 104 cm³/mol. The number of nitrogens with one attached hydrogen (secondary N) is 2. The van der Waals surface area contributed by atoms with Gasteiger partial charge in [0.25, 0.3) is 0 Å². The van der Waals surface area contributed by atoms with Crippen LogP contribution in [0.4, 0.5) is 0 Å². The molecule has 2 amide bonds.